The minimum atomic E-state index is -0.678. The summed E-state index contributed by atoms with van der Waals surface area (Å²) in [7, 11) is 5.46. The molecule has 0 saturated carbocycles. The summed E-state index contributed by atoms with van der Waals surface area (Å²) in [5, 5.41) is 9.42. The second-order valence-electron chi connectivity index (χ2n) is 18.2. The highest BCUT2D eigenvalue weighted by molar-refractivity contribution is 6.06. The van der Waals surface area contributed by atoms with Gasteiger partial charge in [-0.1, -0.05) is 72.8 Å². The lowest BCUT2D eigenvalue weighted by atomic mass is 10.0. The molecule has 73 heavy (non-hydrogen) atoms. The highest BCUT2D eigenvalue weighted by Gasteiger charge is 2.39. The van der Waals surface area contributed by atoms with E-state index in [0.717, 1.165) is 78.9 Å². The molecule has 2 unspecified atom stereocenters. The molecule has 17 nitrogen and oxygen atoms in total. The lowest BCUT2D eigenvalue weighted by Gasteiger charge is -2.29. The molecule has 0 bridgehead atoms. The van der Waals surface area contributed by atoms with Gasteiger partial charge in [-0.15, -0.1) is 0 Å². The number of nitrogens with zero attached hydrogens (tertiary/aromatic N) is 7. The number of nitrogens with two attached hydrogens (primary N) is 1. The number of pyridine rings is 1. The first kappa shape index (κ1) is 48.9. The Kier molecular flexibility index (Phi) is 13.9. The average Bonchev–Trinajstić information content (AvgIpc) is 4.16. The van der Waals surface area contributed by atoms with Gasteiger partial charge in [-0.05, 0) is 70.5 Å². The molecule has 3 aliphatic rings. The van der Waals surface area contributed by atoms with Crippen LogP contribution >= 0.6 is 0 Å². The van der Waals surface area contributed by atoms with E-state index in [-0.39, 0.29) is 42.4 Å². The highest BCUT2D eigenvalue weighted by atomic mass is 16.2. The number of imidazole rings is 2. The van der Waals surface area contributed by atoms with Crippen molar-refractivity contribution in [3.63, 3.8) is 0 Å². The van der Waals surface area contributed by atoms with Gasteiger partial charge < -0.3 is 34.8 Å². The predicted molar refractivity (Wildman–Crippen MR) is 275 cm³/mol. The number of piperidine rings is 1. The van der Waals surface area contributed by atoms with Gasteiger partial charge >= 0.3 is 0 Å². The molecule has 8 aromatic rings. The fourth-order valence-electron chi connectivity index (χ4n) is 9.66. The molecule has 17 heteroatoms. The van der Waals surface area contributed by atoms with Gasteiger partial charge in [-0.3, -0.25) is 39.1 Å². The average molecular weight is 977 g/mol. The van der Waals surface area contributed by atoms with Crippen LogP contribution in [0.2, 0.25) is 0 Å². The van der Waals surface area contributed by atoms with Gasteiger partial charge in [0, 0.05) is 118 Å². The standard InChI is InChI=1S/C28H26N4O3.C26H21N5O3.C2H5NO/c1-29-27(34)25(8-5-13-33)32-16-22-15-20(11-12-23(22)28(32)35)24-17-31(2)26(30-24)21-10-9-18-6-3-4-7-19(18)14-21;1-30-14-21(28-24(30)20-12-27-11-16-4-2-3-5-18(16)20)15-6-7-19-17(10-15)13-31(26(19)34)22-8-9-23(32)29-25(22)33;1-2(3)4/h3-4,6-7,9-15,17,25H,5,8,16H2,1-2H3,(H,29,34);2-7,10-12,14,22H,8-9,13H2,1H3,(H,29,32,33);1H3,(H2,3,4). The molecule has 6 amide bonds. The largest absolute Gasteiger partial charge is 0.370 e. The summed E-state index contributed by atoms with van der Waals surface area (Å²) in [5.41, 5.74) is 12.7. The van der Waals surface area contributed by atoms with Crippen LogP contribution in [0.5, 0.6) is 0 Å². The SMILES string of the molecule is CC(N)=O.CNC(=O)C(CCC=O)N1Cc2cc(-c3cn(C)c(-c4ccc5ccccc5c4)n3)ccc2C1=O.Cn1cc(-c2ccc3c(c2)CN(C2CCC(=O)NC2=O)C3=O)nc1-c1cncc2ccccc12. The van der Waals surface area contributed by atoms with Crippen molar-refractivity contribution in [2.75, 3.05) is 7.05 Å². The minimum Gasteiger partial charge on any atom is -0.370 e. The van der Waals surface area contributed by atoms with Crippen molar-refractivity contribution in [2.45, 2.75) is 57.8 Å². The van der Waals surface area contributed by atoms with Crippen LogP contribution in [0.15, 0.2) is 128 Å². The third kappa shape index (κ3) is 9.97. The maximum Gasteiger partial charge on any atom is 0.255 e. The maximum atomic E-state index is 13.1. The number of imide groups is 1. The Morgan fingerprint density at radius 2 is 1.34 bits per heavy atom. The Labute approximate surface area is 420 Å². The molecule has 1 fully saturated rings. The van der Waals surface area contributed by atoms with Gasteiger partial charge in [0.1, 0.15) is 30.0 Å². The quantitative estimate of drug-likeness (QED) is 0.0995. The summed E-state index contributed by atoms with van der Waals surface area (Å²) in [6, 6.07) is 32.6. The van der Waals surface area contributed by atoms with Crippen molar-refractivity contribution in [2.24, 2.45) is 19.8 Å². The molecule has 0 radical (unpaired) electrons. The summed E-state index contributed by atoms with van der Waals surface area (Å²) in [6.07, 6.45) is 9.49. The Balaban J connectivity index is 0.000000168. The molecule has 5 aromatic carbocycles. The van der Waals surface area contributed by atoms with E-state index in [1.165, 1.54) is 19.4 Å². The molecule has 368 valence electrons. The summed E-state index contributed by atoms with van der Waals surface area (Å²) in [4.78, 5) is 99.6. The van der Waals surface area contributed by atoms with E-state index < -0.39 is 18.0 Å². The number of hydrogen-bond donors (Lipinski definition) is 3. The molecule has 4 N–H and O–H groups in total. The van der Waals surface area contributed by atoms with Crippen LogP contribution in [0.25, 0.3) is 66.8 Å². The first-order valence-electron chi connectivity index (χ1n) is 23.8. The number of carbonyl (C=O) groups excluding carboxylic acids is 7. The van der Waals surface area contributed by atoms with E-state index >= 15 is 0 Å². The Morgan fingerprint density at radius 1 is 0.740 bits per heavy atom. The zero-order chi connectivity index (χ0) is 51.5. The van der Waals surface area contributed by atoms with Crippen molar-refractivity contribution < 1.29 is 33.6 Å². The number of hydrogen-bond acceptors (Lipinski definition) is 10. The lowest BCUT2D eigenvalue weighted by Crippen LogP contribution is -2.52. The van der Waals surface area contributed by atoms with Crippen molar-refractivity contribution >= 4 is 63.3 Å². The fraction of sp³-hybridized carbons (Fsp3) is 0.214. The Hall–Kier alpha value is -9.12. The Morgan fingerprint density at radius 3 is 2.01 bits per heavy atom. The van der Waals surface area contributed by atoms with E-state index in [0.29, 0.717) is 37.1 Å². The van der Waals surface area contributed by atoms with E-state index in [1.807, 2.05) is 103 Å². The van der Waals surface area contributed by atoms with Gasteiger partial charge in [0.25, 0.3) is 11.8 Å². The molecule has 0 spiro atoms. The van der Waals surface area contributed by atoms with Crippen LogP contribution in [-0.4, -0.2) is 94.7 Å². The smallest absolute Gasteiger partial charge is 0.255 e. The normalized spacial score (nSPS) is 15.2. The molecule has 1 saturated heterocycles. The number of aldehydes is 1. The number of primary amides is 1. The third-order valence-electron chi connectivity index (χ3n) is 13.2. The van der Waals surface area contributed by atoms with E-state index in [1.54, 1.807) is 21.9 Å². The minimum absolute atomic E-state index is 0.181. The second-order valence-corrected chi connectivity index (χ2v) is 18.2. The van der Waals surface area contributed by atoms with E-state index in [2.05, 4.69) is 57.7 Å². The number of fused-ring (bicyclic) bond motifs is 4. The topological polar surface area (TPSA) is 225 Å². The second kappa shape index (κ2) is 20.7. The van der Waals surface area contributed by atoms with Gasteiger partial charge in [0.15, 0.2) is 0 Å². The van der Waals surface area contributed by atoms with Gasteiger partial charge in [0.05, 0.1) is 11.4 Å². The monoisotopic (exact) mass is 976 g/mol. The first-order chi connectivity index (χ1) is 35.2. The van der Waals surface area contributed by atoms with Crippen LogP contribution in [0.3, 0.4) is 0 Å². The van der Waals surface area contributed by atoms with Gasteiger partial charge in [-0.2, -0.15) is 0 Å². The summed E-state index contributed by atoms with van der Waals surface area (Å²) < 4.78 is 3.98. The molecular formula is C56H52N10O7. The summed E-state index contributed by atoms with van der Waals surface area (Å²) >= 11 is 0. The fourth-order valence-corrected chi connectivity index (χ4v) is 9.66. The molecule has 2 atom stereocenters. The van der Waals surface area contributed by atoms with Crippen molar-refractivity contribution in [3.8, 4) is 45.3 Å². The number of carbonyl (C=O) groups is 7. The lowest BCUT2D eigenvalue weighted by molar-refractivity contribution is -0.137. The first-order valence-corrected chi connectivity index (χ1v) is 23.8. The molecular weight excluding hydrogens is 925 g/mol. The van der Waals surface area contributed by atoms with E-state index in [4.69, 9.17) is 9.97 Å². The number of likely N-dealkylation sites (N-methyl/N-ethyl adjacent to an activating group) is 1. The van der Waals surface area contributed by atoms with E-state index in [9.17, 15) is 33.6 Å². The van der Waals surface area contributed by atoms with Crippen LogP contribution in [0.4, 0.5) is 0 Å². The van der Waals surface area contributed by atoms with Crippen LogP contribution in [0, 0.1) is 0 Å². The molecule has 6 heterocycles. The van der Waals surface area contributed by atoms with Crippen molar-refractivity contribution in [3.05, 3.63) is 150 Å². The molecule has 0 aliphatic carbocycles. The number of aryl methyl sites for hydroxylation is 2. The number of benzene rings is 5. The Bertz CT molecular complexity index is 3510. The number of rotatable bonds is 10. The molecule has 3 aromatic heterocycles. The van der Waals surface area contributed by atoms with Crippen molar-refractivity contribution in [1.82, 2.24) is 44.5 Å². The highest BCUT2D eigenvalue weighted by Crippen LogP contribution is 2.35. The zero-order valence-corrected chi connectivity index (χ0v) is 40.7. The summed E-state index contributed by atoms with van der Waals surface area (Å²) in [6.45, 7) is 1.96. The third-order valence-corrected chi connectivity index (χ3v) is 13.2. The van der Waals surface area contributed by atoms with Gasteiger partial charge in [-0.25, -0.2) is 9.97 Å². The molecule has 3 aliphatic heterocycles. The van der Waals surface area contributed by atoms with Crippen LogP contribution in [0.1, 0.15) is 64.4 Å². The predicted octanol–water partition coefficient (Wildman–Crippen LogP) is 6.51. The molecule has 11 rings (SSSR count). The van der Waals surface area contributed by atoms with Gasteiger partial charge in [0.2, 0.25) is 23.6 Å². The number of amides is 6. The van der Waals surface area contributed by atoms with Crippen LogP contribution in [-0.2, 0) is 51.2 Å². The maximum absolute atomic E-state index is 13.1. The zero-order valence-electron chi connectivity index (χ0n) is 40.7. The van der Waals surface area contributed by atoms with Crippen LogP contribution < -0.4 is 16.4 Å². The van der Waals surface area contributed by atoms with Crippen molar-refractivity contribution in [1.29, 1.82) is 0 Å². The summed E-state index contributed by atoms with van der Waals surface area (Å²) in [5.74, 6) is -0.00391. The number of aromatic nitrogens is 5. The number of nitrogens with one attached hydrogen (secondary N) is 2.